The van der Waals surface area contributed by atoms with Gasteiger partial charge in [0.15, 0.2) is 0 Å². The Kier molecular flexibility index (Phi) is 2.29. The van der Waals surface area contributed by atoms with Crippen LogP contribution in [0, 0.1) is 6.92 Å². The number of rotatable bonds is 2. The minimum atomic E-state index is 0.209. The molecule has 0 bridgehead atoms. The van der Waals surface area contributed by atoms with Gasteiger partial charge in [-0.3, -0.25) is 0 Å². The molecule has 0 spiro atoms. The largest absolute Gasteiger partial charge is 0.368 e. The predicted octanol–water partition coefficient (Wildman–Crippen LogP) is 0.799. The lowest BCUT2D eigenvalue weighted by atomic mass is 10.1. The van der Waals surface area contributed by atoms with Crippen molar-refractivity contribution in [3.8, 4) is 0 Å². The lowest BCUT2D eigenvalue weighted by molar-refractivity contribution is 0.696. The van der Waals surface area contributed by atoms with E-state index in [1.165, 1.54) is 5.56 Å². The molecule has 15 heavy (non-hydrogen) atoms. The fraction of sp³-hybridized carbons (Fsp3) is 0.200. The monoisotopic (exact) mass is 203 g/mol. The van der Waals surface area contributed by atoms with Crippen molar-refractivity contribution in [3.05, 3.63) is 35.4 Å². The maximum Gasteiger partial charge on any atom is 0.241 e. The summed E-state index contributed by atoms with van der Waals surface area (Å²) in [6.45, 7) is 2.65. The van der Waals surface area contributed by atoms with E-state index in [0.29, 0.717) is 12.5 Å². The van der Waals surface area contributed by atoms with Crippen LogP contribution in [0.3, 0.4) is 0 Å². The molecule has 0 unspecified atom stereocenters. The second kappa shape index (κ2) is 3.61. The molecule has 0 aliphatic carbocycles. The molecule has 0 fully saturated rings. The van der Waals surface area contributed by atoms with Crippen LogP contribution in [0.25, 0.3) is 0 Å². The number of nitrogens with two attached hydrogens (primary N) is 2. The Morgan fingerprint density at radius 2 is 2.00 bits per heavy atom. The van der Waals surface area contributed by atoms with Gasteiger partial charge in [-0.2, -0.15) is 4.98 Å². The molecule has 1 aromatic heterocycles. The van der Waals surface area contributed by atoms with Gasteiger partial charge in [-0.05, 0) is 18.1 Å². The minimum absolute atomic E-state index is 0.209. The van der Waals surface area contributed by atoms with E-state index >= 15 is 0 Å². The van der Waals surface area contributed by atoms with Crippen LogP contribution in [-0.4, -0.2) is 14.8 Å². The number of nitrogens with zero attached hydrogens (tertiary/aromatic N) is 3. The van der Waals surface area contributed by atoms with E-state index in [1.807, 2.05) is 31.2 Å². The number of hydrogen-bond donors (Lipinski definition) is 2. The first-order chi connectivity index (χ1) is 7.16. The van der Waals surface area contributed by atoms with Gasteiger partial charge in [-0.25, -0.2) is 4.68 Å². The Bertz CT molecular complexity index is 474. The molecule has 0 saturated carbocycles. The van der Waals surface area contributed by atoms with Gasteiger partial charge in [0.25, 0.3) is 0 Å². The summed E-state index contributed by atoms with van der Waals surface area (Å²) < 4.78 is 1.59. The first-order valence-electron chi connectivity index (χ1n) is 4.67. The third-order valence-corrected chi connectivity index (χ3v) is 2.30. The fourth-order valence-corrected chi connectivity index (χ4v) is 1.44. The van der Waals surface area contributed by atoms with Crippen LogP contribution in [0.2, 0.25) is 0 Å². The average Bonchev–Trinajstić information content (AvgIpc) is 2.49. The Labute approximate surface area is 87.7 Å². The molecule has 1 aromatic carbocycles. The molecule has 78 valence electrons. The van der Waals surface area contributed by atoms with Gasteiger partial charge < -0.3 is 11.5 Å². The van der Waals surface area contributed by atoms with Gasteiger partial charge in [0.2, 0.25) is 11.9 Å². The Morgan fingerprint density at radius 3 is 2.60 bits per heavy atom. The summed E-state index contributed by atoms with van der Waals surface area (Å²) in [6.07, 6.45) is 0. The fourth-order valence-electron chi connectivity index (χ4n) is 1.44. The van der Waals surface area contributed by atoms with Crippen LogP contribution in [0.5, 0.6) is 0 Å². The van der Waals surface area contributed by atoms with Gasteiger partial charge in [-0.1, -0.05) is 24.3 Å². The molecule has 0 amide bonds. The van der Waals surface area contributed by atoms with E-state index in [4.69, 9.17) is 11.5 Å². The number of aryl methyl sites for hydroxylation is 1. The summed E-state index contributed by atoms with van der Waals surface area (Å²) in [6, 6.07) is 8.06. The molecule has 4 N–H and O–H groups in total. The van der Waals surface area contributed by atoms with Crippen molar-refractivity contribution in [3.63, 3.8) is 0 Å². The van der Waals surface area contributed by atoms with Gasteiger partial charge >= 0.3 is 0 Å². The Morgan fingerprint density at radius 1 is 1.27 bits per heavy atom. The van der Waals surface area contributed by atoms with E-state index in [0.717, 1.165) is 5.56 Å². The molecule has 1 heterocycles. The van der Waals surface area contributed by atoms with Crippen molar-refractivity contribution < 1.29 is 0 Å². The van der Waals surface area contributed by atoms with Crippen LogP contribution in [0.4, 0.5) is 11.9 Å². The highest BCUT2D eigenvalue weighted by Gasteiger charge is 2.05. The van der Waals surface area contributed by atoms with Crippen molar-refractivity contribution in [1.82, 2.24) is 14.8 Å². The highest BCUT2D eigenvalue weighted by Crippen LogP contribution is 2.11. The van der Waals surface area contributed by atoms with Crippen molar-refractivity contribution in [2.45, 2.75) is 13.5 Å². The second-order valence-corrected chi connectivity index (χ2v) is 3.41. The lowest BCUT2D eigenvalue weighted by Gasteiger charge is -2.05. The van der Waals surface area contributed by atoms with Crippen molar-refractivity contribution >= 4 is 11.9 Å². The number of aromatic nitrogens is 3. The lowest BCUT2D eigenvalue weighted by Crippen LogP contribution is -2.07. The maximum atomic E-state index is 5.65. The van der Waals surface area contributed by atoms with E-state index in [1.54, 1.807) is 4.68 Å². The molecule has 0 aliphatic heterocycles. The maximum absolute atomic E-state index is 5.65. The van der Waals surface area contributed by atoms with Gasteiger partial charge in [-0.15, -0.1) is 5.10 Å². The zero-order chi connectivity index (χ0) is 10.8. The quantitative estimate of drug-likeness (QED) is 0.756. The van der Waals surface area contributed by atoms with E-state index in [2.05, 4.69) is 10.1 Å². The molecule has 0 radical (unpaired) electrons. The molecule has 2 aromatic rings. The summed E-state index contributed by atoms with van der Waals surface area (Å²) in [5.41, 5.74) is 13.5. The molecular weight excluding hydrogens is 190 g/mol. The van der Waals surface area contributed by atoms with E-state index < -0.39 is 0 Å². The minimum Gasteiger partial charge on any atom is -0.368 e. The zero-order valence-corrected chi connectivity index (χ0v) is 8.51. The van der Waals surface area contributed by atoms with Crippen LogP contribution in [-0.2, 0) is 6.54 Å². The van der Waals surface area contributed by atoms with Crippen molar-refractivity contribution in [2.24, 2.45) is 0 Å². The molecule has 0 aliphatic rings. The van der Waals surface area contributed by atoms with Crippen LogP contribution in [0.15, 0.2) is 24.3 Å². The van der Waals surface area contributed by atoms with Crippen molar-refractivity contribution in [2.75, 3.05) is 11.5 Å². The summed E-state index contributed by atoms with van der Waals surface area (Å²) >= 11 is 0. The molecule has 0 atom stereocenters. The van der Waals surface area contributed by atoms with Crippen LogP contribution >= 0.6 is 0 Å². The van der Waals surface area contributed by atoms with Crippen LogP contribution < -0.4 is 11.5 Å². The zero-order valence-electron chi connectivity index (χ0n) is 8.51. The van der Waals surface area contributed by atoms with Crippen LogP contribution in [0.1, 0.15) is 11.1 Å². The highest BCUT2D eigenvalue weighted by molar-refractivity contribution is 5.30. The molecule has 2 rings (SSSR count). The summed E-state index contributed by atoms with van der Waals surface area (Å²) in [7, 11) is 0. The highest BCUT2D eigenvalue weighted by atomic mass is 15.4. The van der Waals surface area contributed by atoms with Crippen molar-refractivity contribution in [1.29, 1.82) is 0 Å². The van der Waals surface area contributed by atoms with Gasteiger partial charge in [0, 0.05) is 0 Å². The SMILES string of the molecule is Cc1ccccc1Cn1nc(N)nc1N. The first kappa shape index (κ1) is 9.51. The number of hydrogen-bond acceptors (Lipinski definition) is 4. The predicted molar refractivity (Wildman–Crippen MR) is 59.1 cm³/mol. The Hall–Kier alpha value is -2.04. The number of nitrogen functional groups attached to an aromatic ring is 2. The summed E-state index contributed by atoms with van der Waals surface area (Å²) in [5, 5.41) is 4.00. The second-order valence-electron chi connectivity index (χ2n) is 3.41. The number of benzene rings is 1. The standard InChI is InChI=1S/C10H13N5/c1-7-4-2-3-5-8(7)6-15-10(12)13-9(11)14-15/h2-5H,6H2,1H3,(H4,11,12,13,14). The first-order valence-corrected chi connectivity index (χ1v) is 4.67. The smallest absolute Gasteiger partial charge is 0.241 e. The number of anilines is 2. The van der Waals surface area contributed by atoms with Gasteiger partial charge in [0.1, 0.15) is 0 Å². The topological polar surface area (TPSA) is 82.8 Å². The Balaban J connectivity index is 2.29. The average molecular weight is 203 g/mol. The van der Waals surface area contributed by atoms with E-state index in [-0.39, 0.29) is 5.95 Å². The molecule has 5 heteroatoms. The third kappa shape index (κ3) is 1.90. The molecular formula is C10H13N5. The summed E-state index contributed by atoms with van der Waals surface area (Å²) in [5.74, 6) is 0.553. The summed E-state index contributed by atoms with van der Waals surface area (Å²) in [4.78, 5) is 3.84. The molecule has 5 nitrogen and oxygen atoms in total. The molecule has 0 saturated heterocycles. The normalized spacial score (nSPS) is 10.5. The van der Waals surface area contributed by atoms with Gasteiger partial charge in [0.05, 0.1) is 6.54 Å². The third-order valence-electron chi connectivity index (χ3n) is 2.30. The van der Waals surface area contributed by atoms with E-state index in [9.17, 15) is 0 Å².